The first-order chi connectivity index (χ1) is 12.7. The van der Waals surface area contributed by atoms with Crippen LogP contribution in [-0.4, -0.2) is 25.5 Å². The molecule has 2 amide bonds. The molecule has 2 aromatic rings. The fourth-order valence-corrected chi connectivity index (χ4v) is 4.42. The van der Waals surface area contributed by atoms with Gasteiger partial charge in [0.15, 0.2) is 0 Å². The number of rotatable bonds is 5. The molecule has 9 heteroatoms. The van der Waals surface area contributed by atoms with Crippen molar-refractivity contribution in [2.75, 3.05) is 5.32 Å². The molecule has 2 aromatic carbocycles. The summed E-state index contributed by atoms with van der Waals surface area (Å²) in [5, 5.41) is 10.2. The van der Waals surface area contributed by atoms with Gasteiger partial charge in [0.05, 0.1) is 21.9 Å². The highest BCUT2D eigenvalue weighted by molar-refractivity contribution is 8.01. The third-order valence-electron chi connectivity index (χ3n) is 4.14. The van der Waals surface area contributed by atoms with E-state index in [0.29, 0.717) is 5.56 Å². The van der Waals surface area contributed by atoms with E-state index in [4.69, 9.17) is 5.14 Å². The van der Waals surface area contributed by atoms with Crippen LogP contribution in [0.2, 0.25) is 0 Å². The molecule has 1 aliphatic heterocycles. The number of nitrogens with two attached hydrogens (primary N) is 1. The molecule has 2 atom stereocenters. The third kappa shape index (κ3) is 4.68. The average Bonchev–Trinajstić information content (AvgIpc) is 2.61. The molecule has 4 N–H and O–H groups in total. The van der Waals surface area contributed by atoms with Crippen molar-refractivity contribution >= 4 is 39.3 Å². The Bertz CT molecular complexity index is 992. The molecule has 0 saturated heterocycles. The van der Waals surface area contributed by atoms with Crippen LogP contribution in [0.4, 0.5) is 5.69 Å². The summed E-state index contributed by atoms with van der Waals surface area (Å²) in [5.41, 5.74) is 1.36. The maximum atomic E-state index is 12.4. The van der Waals surface area contributed by atoms with E-state index in [-0.39, 0.29) is 23.1 Å². The zero-order valence-electron chi connectivity index (χ0n) is 14.5. The zero-order chi connectivity index (χ0) is 19.6. The van der Waals surface area contributed by atoms with Crippen LogP contribution < -0.4 is 15.8 Å². The summed E-state index contributed by atoms with van der Waals surface area (Å²) in [4.78, 5) is 25.5. The molecule has 0 bridgehead atoms. The lowest BCUT2D eigenvalue weighted by molar-refractivity contribution is -0.124. The van der Waals surface area contributed by atoms with Gasteiger partial charge in [-0.3, -0.25) is 9.59 Å². The van der Waals surface area contributed by atoms with Crippen LogP contribution in [0.3, 0.4) is 0 Å². The van der Waals surface area contributed by atoms with Gasteiger partial charge in [0, 0.05) is 11.3 Å². The zero-order valence-corrected chi connectivity index (χ0v) is 16.1. The highest BCUT2D eigenvalue weighted by Gasteiger charge is 2.29. The Morgan fingerprint density at radius 2 is 2.00 bits per heavy atom. The molecule has 0 aromatic heterocycles. The Morgan fingerprint density at radius 1 is 1.26 bits per heavy atom. The van der Waals surface area contributed by atoms with Crippen molar-refractivity contribution in [3.05, 3.63) is 54.1 Å². The van der Waals surface area contributed by atoms with E-state index < -0.39 is 21.3 Å². The van der Waals surface area contributed by atoms with Crippen LogP contribution in [0.1, 0.15) is 24.9 Å². The van der Waals surface area contributed by atoms with Crippen molar-refractivity contribution in [1.29, 1.82) is 0 Å². The maximum Gasteiger partial charge on any atom is 0.238 e. The third-order valence-corrected chi connectivity index (χ3v) is 6.33. The number of fused-ring (bicyclic) bond motifs is 1. The summed E-state index contributed by atoms with van der Waals surface area (Å²) in [5.74, 6) is -0.506. The number of para-hydroxylation sites is 1. The van der Waals surface area contributed by atoms with Crippen molar-refractivity contribution in [3.63, 3.8) is 0 Å². The Hall–Kier alpha value is -2.36. The number of anilines is 1. The molecule has 142 valence electrons. The number of amides is 2. The molecule has 1 heterocycles. The molecule has 7 nitrogen and oxygen atoms in total. The van der Waals surface area contributed by atoms with Gasteiger partial charge in [0.25, 0.3) is 0 Å². The number of benzene rings is 2. The number of hydrogen-bond acceptors (Lipinski definition) is 5. The van der Waals surface area contributed by atoms with Crippen molar-refractivity contribution in [2.45, 2.75) is 34.4 Å². The quantitative estimate of drug-likeness (QED) is 0.703. The minimum atomic E-state index is -3.81. The van der Waals surface area contributed by atoms with Gasteiger partial charge in [-0.2, -0.15) is 0 Å². The molecule has 0 spiro atoms. The van der Waals surface area contributed by atoms with Gasteiger partial charge >= 0.3 is 0 Å². The first-order valence-corrected chi connectivity index (χ1v) is 10.7. The Kier molecular flexibility index (Phi) is 5.54. The molecule has 2 unspecified atom stereocenters. The van der Waals surface area contributed by atoms with E-state index in [0.717, 1.165) is 10.6 Å². The van der Waals surface area contributed by atoms with Gasteiger partial charge in [-0.05, 0) is 36.8 Å². The van der Waals surface area contributed by atoms with E-state index in [9.17, 15) is 18.0 Å². The summed E-state index contributed by atoms with van der Waals surface area (Å²) >= 11 is 1.35. The van der Waals surface area contributed by atoms with Gasteiger partial charge in [-0.15, -0.1) is 11.8 Å². The Labute approximate surface area is 161 Å². The molecule has 1 aliphatic rings. The fraction of sp³-hybridized carbons (Fsp3) is 0.222. The molecule has 0 saturated carbocycles. The molecule has 0 aliphatic carbocycles. The number of carbonyl (C=O) groups excluding carboxylic acids is 2. The monoisotopic (exact) mass is 405 g/mol. The first-order valence-electron chi connectivity index (χ1n) is 8.23. The van der Waals surface area contributed by atoms with Gasteiger partial charge in [-0.25, -0.2) is 13.6 Å². The molecular weight excluding hydrogens is 386 g/mol. The number of carbonyl (C=O) groups is 2. The van der Waals surface area contributed by atoms with Crippen LogP contribution in [-0.2, 0) is 19.6 Å². The Balaban J connectivity index is 1.65. The molecule has 3 rings (SSSR count). The fourth-order valence-electron chi connectivity index (χ4n) is 2.74. The van der Waals surface area contributed by atoms with Gasteiger partial charge < -0.3 is 10.6 Å². The average molecular weight is 406 g/mol. The highest BCUT2D eigenvalue weighted by atomic mass is 32.2. The largest absolute Gasteiger partial charge is 0.350 e. The summed E-state index contributed by atoms with van der Waals surface area (Å²) in [6.45, 7) is 1.74. The van der Waals surface area contributed by atoms with E-state index >= 15 is 0 Å². The molecule has 0 radical (unpaired) electrons. The standard InChI is InChI=1S/C18H19N3O4S2/c1-11(12-5-4-6-13(9-12)27(19,24)25)20-17(22)10-16-18(23)21-14-7-2-3-8-15(14)26-16/h2-9,11,16H,10H2,1H3,(H,20,22)(H,21,23)(H2,19,24,25). The van der Waals surface area contributed by atoms with Crippen molar-refractivity contribution in [3.8, 4) is 0 Å². The first kappa shape index (κ1) is 19.4. The van der Waals surface area contributed by atoms with Crippen LogP contribution in [0, 0.1) is 0 Å². The van der Waals surface area contributed by atoms with Crippen LogP contribution in [0.25, 0.3) is 0 Å². The lowest BCUT2D eigenvalue weighted by Gasteiger charge is -2.24. The summed E-state index contributed by atoms with van der Waals surface area (Å²) in [6.07, 6.45) is 0.0179. The van der Waals surface area contributed by atoms with Gasteiger partial charge in [0.1, 0.15) is 0 Å². The summed E-state index contributed by atoms with van der Waals surface area (Å²) in [6, 6.07) is 13.1. The summed E-state index contributed by atoms with van der Waals surface area (Å²) < 4.78 is 22.9. The van der Waals surface area contributed by atoms with Crippen molar-refractivity contribution < 1.29 is 18.0 Å². The number of primary sulfonamides is 1. The highest BCUT2D eigenvalue weighted by Crippen LogP contribution is 2.36. The Morgan fingerprint density at radius 3 is 2.74 bits per heavy atom. The SMILES string of the molecule is CC(NC(=O)CC1Sc2ccccc2NC1=O)c1cccc(S(N)(=O)=O)c1. The number of thioether (sulfide) groups is 1. The molecule has 0 fully saturated rings. The maximum absolute atomic E-state index is 12.4. The van der Waals surface area contributed by atoms with Crippen LogP contribution in [0.15, 0.2) is 58.3 Å². The van der Waals surface area contributed by atoms with Crippen molar-refractivity contribution in [1.82, 2.24) is 5.32 Å². The second-order valence-electron chi connectivity index (χ2n) is 6.20. The smallest absolute Gasteiger partial charge is 0.238 e. The van der Waals surface area contributed by atoms with E-state index in [1.807, 2.05) is 24.3 Å². The van der Waals surface area contributed by atoms with E-state index in [1.165, 1.54) is 23.9 Å². The van der Waals surface area contributed by atoms with Crippen molar-refractivity contribution in [2.24, 2.45) is 5.14 Å². The van der Waals surface area contributed by atoms with Crippen LogP contribution in [0.5, 0.6) is 0 Å². The molecular formula is C18H19N3O4S2. The van der Waals surface area contributed by atoms with E-state index in [1.54, 1.807) is 19.1 Å². The number of hydrogen-bond donors (Lipinski definition) is 3. The van der Waals surface area contributed by atoms with E-state index in [2.05, 4.69) is 10.6 Å². The number of sulfonamides is 1. The minimum Gasteiger partial charge on any atom is -0.350 e. The van der Waals surface area contributed by atoms with Crippen LogP contribution >= 0.6 is 11.8 Å². The normalized spacial score (nSPS) is 17.6. The second-order valence-corrected chi connectivity index (χ2v) is 9.01. The molecule has 27 heavy (non-hydrogen) atoms. The topological polar surface area (TPSA) is 118 Å². The van der Waals surface area contributed by atoms with Gasteiger partial charge in [-0.1, -0.05) is 24.3 Å². The summed E-state index contributed by atoms with van der Waals surface area (Å²) in [7, 11) is -3.81. The lowest BCUT2D eigenvalue weighted by Crippen LogP contribution is -2.35. The van der Waals surface area contributed by atoms with Gasteiger partial charge in [0.2, 0.25) is 21.8 Å². The predicted molar refractivity (Wildman–Crippen MR) is 104 cm³/mol. The number of nitrogens with one attached hydrogen (secondary N) is 2. The minimum absolute atomic E-state index is 0.0140. The lowest BCUT2D eigenvalue weighted by atomic mass is 10.1. The predicted octanol–water partition coefficient (Wildman–Crippen LogP) is 2.01. The second kappa shape index (κ2) is 7.71.